The van der Waals surface area contributed by atoms with Gasteiger partial charge in [0.25, 0.3) is 0 Å². The molecule has 0 aliphatic heterocycles. The van der Waals surface area contributed by atoms with Crippen molar-refractivity contribution >= 4 is 76.2 Å². The van der Waals surface area contributed by atoms with Gasteiger partial charge in [-0.15, -0.1) is 0 Å². The monoisotopic (exact) mass is 828 g/mol. The highest BCUT2D eigenvalue weighted by atomic mass is 16.3. The zero-order valence-electron chi connectivity index (χ0n) is 35.9. The summed E-state index contributed by atoms with van der Waals surface area (Å²) in [7, 11) is 0. The van der Waals surface area contributed by atoms with Crippen molar-refractivity contribution in [3.8, 4) is 55.6 Å². The van der Waals surface area contributed by atoms with E-state index in [0.717, 1.165) is 43.9 Å². The van der Waals surface area contributed by atoms with Gasteiger partial charge in [0.1, 0.15) is 22.3 Å². The Bertz CT molecular complexity index is 4080. The van der Waals surface area contributed by atoms with Crippen LogP contribution in [0.5, 0.6) is 0 Å². The molecule has 0 saturated heterocycles. The molecular weight excluding hydrogens is 789 g/mol. The van der Waals surface area contributed by atoms with Crippen LogP contribution in [0.1, 0.15) is 25.0 Å². The molecule has 0 saturated carbocycles. The van der Waals surface area contributed by atoms with Crippen LogP contribution in [0, 0.1) is 0 Å². The third kappa shape index (κ3) is 5.35. The first kappa shape index (κ1) is 36.3. The van der Waals surface area contributed by atoms with Crippen LogP contribution in [0.2, 0.25) is 0 Å². The fraction of sp³-hybridized carbons (Fsp3) is 0.0476. The van der Waals surface area contributed by atoms with Crippen LogP contribution >= 0.6 is 0 Å². The molecule has 304 valence electrons. The van der Waals surface area contributed by atoms with E-state index in [1.54, 1.807) is 0 Å². The van der Waals surface area contributed by atoms with E-state index in [0.29, 0.717) is 0 Å². The van der Waals surface area contributed by atoms with E-state index >= 15 is 0 Å². The van der Waals surface area contributed by atoms with E-state index in [4.69, 9.17) is 8.83 Å². The van der Waals surface area contributed by atoms with Gasteiger partial charge in [-0.25, -0.2) is 0 Å². The van der Waals surface area contributed by atoms with Gasteiger partial charge in [0.2, 0.25) is 0 Å². The maximum Gasteiger partial charge on any atom is 0.135 e. The lowest BCUT2D eigenvalue weighted by molar-refractivity contribution is 0.661. The van der Waals surface area contributed by atoms with Gasteiger partial charge in [0, 0.05) is 27.0 Å². The smallest absolute Gasteiger partial charge is 0.135 e. The molecule has 11 aromatic carbocycles. The normalized spacial score (nSPS) is 13.2. The summed E-state index contributed by atoms with van der Waals surface area (Å²) >= 11 is 0. The molecule has 1 aliphatic rings. The van der Waals surface area contributed by atoms with Crippen molar-refractivity contribution in [2.24, 2.45) is 0 Å². The van der Waals surface area contributed by atoms with Crippen LogP contribution in [0.25, 0.3) is 132 Å². The van der Waals surface area contributed by atoms with Crippen LogP contribution in [0.3, 0.4) is 0 Å². The summed E-state index contributed by atoms with van der Waals surface area (Å²) in [5, 5.41) is 12.0. The van der Waals surface area contributed by atoms with Crippen LogP contribution in [-0.2, 0) is 5.41 Å². The average Bonchev–Trinajstić information content (AvgIpc) is 3.98. The number of benzene rings is 11. The minimum absolute atomic E-state index is 0.0705. The molecule has 0 atom stereocenters. The molecule has 65 heavy (non-hydrogen) atoms. The second kappa shape index (κ2) is 13.4. The molecule has 0 unspecified atom stereocenters. The fourth-order valence-electron chi connectivity index (χ4n) is 11.2. The highest BCUT2D eigenvalue weighted by molar-refractivity contribution is 6.22. The van der Waals surface area contributed by atoms with Crippen molar-refractivity contribution in [3.63, 3.8) is 0 Å². The molecule has 0 amide bonds. The number of hydrogen-bond acceptors (Lipinski definition) is 2. The quantitative estimate of drug-likeness (QED) is 0.165. The maximum atomic E-state index is 6.55. The molecule has 0 spiro atoms. The number of furan rings is 2. The highest BCUT2D eigenvalue weighted by Gasteiger charge is 2.36. The van der Waals surface area contributed by atoms with Crippen molar-refractivity contribution < 1.29 is 8.83 Å². The first-order valence-electron chi connectivity index (χ1n) is 22.6. The predicted molar refractivity (Wildman–Crippen MR) is 273 cm³/mol. The van der Waals surface area contributed by atoms with Crippen molar-refractivity contribution in [2.75, 3.05) is 0 Å². The largest absolute Gasteiger partial charge is 0.456 e. The Morgan fingerprint density at radius 1 is 0.277 bits per heavy atom. The molecule has 13 aromatic rings. The summed E-state index contributed by atoms with van der Waals surface area (Å²) < 4.78 is 12.7. The number of para-hydroxylation sites is 1. The standard InChI is InChI=1S/C63H40O2/c1-63(2)55-27-23-42(32-50(55)51-31-39-11-3-4-12-40(39)36-56(51)63)43-25-29-59-53(34-43)54-35-44(26-30-60(54)65-59)62-48-16-7-5-14-46(48)61(47-15-6-8-17-49(47)62)38-21-19-37(20-22-38)41-24-28-58-52(33-41)45-13-9-10-18-57(45)64-58/h3-36H,1-2H3. The Morgan fingerprint density at radius 2 is 0.677 bits per heavy atom. The maximum absolute atomic E-state index is 6.55. The summed E-state index contributed by atoms with van der Waals surface area (Å²) in [4.78, 5) is 0. The Kier molecular flexibility index (Phi) is 7.49. The molecule has 0 fully saturated rings. The second-order valence-electron chi connectivity index (χ2n) is 18.4. The molecule has 0 bridgehead atoms. The number of rotatable bonds is 4. The second-order valence-corrected chi connectivity index (χ2v) is 18.4. The third-order valence-electron chi connectivity index (χ3n) is 14.4. The highest BCUT2D eigenvalue weighted by Crippen LogP contribution is 2.51. The Morgan fingerprint density at radius 3 is 1.31 bits per heavy atom. The van der Waals surface area contributed by atoms with Crippen LogP contribution in [0.15, 0.2) is 215 Å². The van der Waals surface area contributed by atoms with E-state index in [9.17, 15) is 0 Å². The van der Waals surface area contributed by atoms with E-state index in [-0.39, 0.29) is 5.41 Å². The van der Waals surface area contributed by atoms with Gasteiger partial charge >= 0.3 is 0 Å². The molecule has 2 heterocycles. The summed E-state index contributed by atoms with van der Waals surface area (Å²) in [6, 6.07) is 75.6. The number of fused-ring (bicyclic) bond motifs is 12. The van der Waals surface area contributed by atoms with Gasteiger partial charge in [-0.05, 0) is 160 Å². The first-order valence-corrected chi connectivity index (χ1v) is 22.6. The van der Waals surface area contributed by atoms with Crippen LogP contribution in [0.4, 0.5) is 0 Å². The summed E-state index contributed by atoms with van der Waals surface area (Å²) in [5.41, 5.74) is 18.6. The average molecular weight is 829 g/mol. The topological polar surface area (TPSA) is 26.3 Å². The lowest BCUT2D eigenvalue weighted by atomic mass is 9.81. The van der Waals surface area contributed by atoms with Gasteiger partial charge in [-0.2, -0.15) is 0 Å². The van der Waals surface area contributed by atoms with Crippen molar-refractivity contribution in [3.05, 3.63) is 217 Å². The van der Waals surface area contributed by atoms with Crippen molar-refractivity contribution in [2.45, 2.75) is 19.3 Å². The van der Waals surface area contributed by atoms with Crippen molar-refractivity contribution in [1.29, 1.82) is 0 Å². The summed E-state index contributed by atoms with van der Waals surface area (Å²) in [6.07, 6.45) is 0. The molecule has 0 N–H and O–H groups in total. The van der Waals surface area contributed by atoms with E-state index in [2.05, 4.69) is 208 Å². The van der Waals surface area contributed by atoms with E-state index < -0.39 is 0 Å². The third-order valence-corrected chi connectivity index (χ3v) is 14.4. The Balaban J connectivity index is 0.881. The van der Waals surface area contributed by atoms with Crippen LogP contribution in [-0.4, -0.2) is 0 Å². The zero-order chi connectivity index (χ0) is 43.0. The lowest BCUT2D eigenvalue weighted by Gasteiger charge is -2.22. The SMILES string of the molecule is CC1(C)c2ccc(-c3ccc4oc5ccc(-c6c7ccccc7c(-c7ccc(-c8ccc9oc%10ccccc%10c9c8)cc7)c7ccccc67)cc5c4c3)cc2-c2cc3ccccc3cc21. The number of hydrogen-bond donors (Lipinski definition) is 0. The van der Waals surface area contributed by atoms with E-state index in [1.165, 1.54) is 99.1 Å². The first-order chi connectivity index (χ1) is 31.9. The Labute approximate surface area is 375 Å². The minimum atomic E-state index is -0.0705. The predicted octanol–water partition coefficient (Wildman–Crippen LogP) is 17.9. The van der Waals surface area contributed by atoms with Gasteiger partial charge < -0.3 is 8.83 Å². The molecule has 14 rings (SSSR count). The summed E-state index contributed by atoms with van der Waals surface area (Å²) in [5.74, 6) is 0. The molecule has 0 radical (unpaired) electrons. The van der Waals surface area contributed by atoms with Crippen molar-refractivity contribution in [1.82, 2.24) is 0 Å². The Hall–Kier alpha value is -8.20. The van der Waals surface area contributed by atoms with Gasteiger partial charge in [-0.1, -0.05) is 159 Å². The molecular formula is C63H40O2. The molecule has 1 aliphatic carbocycles. The summed E-state index contributed by atoms with van der Waals surface area (Å²) in [6.45, 7) is 4.72. The zero-order valence-corrected chi connectivity index (χ0v) is 35.9. The lowest BCUT2D eigenvalue weighted by Crippen LogP contribution is -2.14. The van der Waals surface area contributed by atoms with E-state index in [1.807, 2.05) is 12.1 Å². The van der Waals surface area contributed by atoms with Crippen LogP contribution < -0.4 is 0 Å². The van der Waals surface area contributed by atoms with Gasteiger partial charge in [-0.3, -0.25) is 0 Å². The molecule has 2 aromatic heterocycles. The molecule has 2 heteroatoms. The fourth-order valence-corrected chi connectivity index (χ4v) is 11.2. The minimum Gasteiger partial charge on any atom is -0.456 e. The van der Waals surface area contributed by atoms with Gasteiger partial charge in [0.05, 0.1) is 0 Å². The van der Waals surface area contributed by atoms with Gasteiger partial charge in [0.15, 0.2) is 0 Å². The molecule has 2 nitrogen and oxygen atoms in total.